The predicted molar refractivity (Wildman–Crippen MR) is 80.6 cm³/mol. The van der Waals surface area contributed by atoms with E-state index < -0.39 is 0 Å². The molecule has 0 amide bonds. The van der Waals surface area contributed by atoms with Crippen LogP contribution in [0.4, 0.5) is 0 Å². The number of nitrogens with zero attached hydrogens (tertiary/aromatic N) is 1. The van der Waals surface area contributed by atoms with E-state index in [9.17, 15) is 0 Å². The van der Waals surface area contributed by atoms with Crippen molar-refractivity contribution in [2.45, 2.75) is 76.5 Å². The molecule has 0 aromatic heterocycles. The zero-order valence-corrected chi connectivity index (χ0v) is 12.9. The van der Waals surface area contributed by atoms with Crippen LogP contribution in [0.1, 0.15) is 58.3 Å². The van der Waals surface area contributed by atoms with Crippen LogP contribution < -0.4 is 5.32 Å². The van der Waals surface area contributed by atoms with E-state index >= 15 is 0 Å². The zero-order chi connectivity index (χ0) is 13.5. The van der Waals surface area contributed by atoms with Crippen molar-refractivity contribution in [3.05, 3.63) is 0 Å². The van der Waals surface area contributed by atoms with Crippen LogP contribution in [0.15, 0.2) is 0 Å². The molecular formula is C16H32N2O. The van der Waals surface area contributed by atoms with Gasteiger partial charge in [0.25, 0.3) is 0 Å². The van der Waals surface area contributed by atoms with Crippen LogP contribution in [0.2, 0.25) is 0 Å². The van der Waals surface area contributed by atoms with Crippen LogP contribution in [0.3, 0.4) is 0 Å². The van der Waals surface area contributed by atoms with Crippen molar-refractivity contribution in [3.8, 4) is 0 Å². The molecule has 112 valence electrons. The van der Waals surface area contributed by atoms with Gasteiger partial charge in [0.1, 0.15) is 0 Å². The molecule has 1 atom stereocenters. The van der Waals surface area contributed by atoms with Crippen molar-refractivity contribution in [1.29, 1.82) is 0 Å². The minimum Gasteiger partial charge on any atom is -0.378 e. The molecule has 1 unspecified atom stereocenters. The molecule has 2 aliphatic rings. The molecule has 19 heavy (non-hydrogen) atoms. The summed E-state index contributed by atoms with van der Waals surface area (Å²) in [7, 11) is 2.30. The van der Waals surface area contributed by atoms with E-state index in [0.717, 1.165) is 18.7 Å². The number of hydrogen-bond acceptors (Lipinski definition) is 3. The quantitative estimate of drug-likeness (QED) is 0.768. The number of ether oxygens (including phenoxy) is 1. The van der Waals surface area contributed by atoms with Crippen molar-refractivity contribution < 1.29 is 4.74 Å². The Hall–Kier alpha value is -0.120. The van der Waals surface area contributed by atoms with Gasteiger partial charge in [-0.1, -0.05) is 6.92 Å². The molecule has 0 aromatic rings. The molecule has 0 radical (unpaired) electrons. The minimum atomic E-state index is 0.546. The largest absolute Gasteiger partial charge is 0.378 e. The fourth-order valence-corrected chi connectivity index (χ4v) is 3.47. The summed E-state index contributed by atoms with van der Waals surface area (Å²) in [5.41, 5.74) is 0. The van der Waals surface area contributed by atoms with Crippen LogP contribution in [0.5, 0.6) is 0 Å². The Morgan fingerprint density at radius 2 is 1.95 bits per heavy atom. The number of rotatable bonds is 7. The molecule has 2 rings (SSSR count). The van der Waals surface area contributed by atoms with E-state index in [0.29, 0.717) is 6.10 Å². The lowest BCUT2D eigenvalue weighted by Crippen LogP contribution is -2.41. The standard InChI is InChI=1S/C16H32N2O/c1-3-11-17-14-6-8-15(9-7-14)18(2)12-10-16-5-4-13-19-16/h14-17H,3-13H2,1-2H3. The van der Waals surface area contributed by atoms with Gasteiger partial charge >= 0.3 is 0 Å². The minimum absolute atomic E-state index is 0.546. The van der Waals surface area contributed by atoms with Crippen molar-refractivity contribution in [2.24, 2.45) is 0 Å². The Kier molecular flexibility index (Phi) is 6.62. The van der Waals surface area contributed by atoms with Gasteiger partial charge in [-0.3, -0.25) is 0 Å². The van der Waals surface area contributed by atoms with E-state index in [2.05, 4.69) is 24.2 Å². The van der Waals surface area contributed by atoms with Crippen molar-refractivity contribution in [3.63, 3.8) is 0 Å². The lowest BCUT2D eigenvalue weighted by atomic mass is 9.90. The van der Waals surface area contributed by atoms with Crippen LogP contribution in [0, 0.1) is 0 Å². The first-order valence-electron chi connectivity index (χ1n) is 8.34. The molecule has 3 nitrogen and oxygen atoms in total. The van der Waals surface area contributed by atoms with Gasteiger partial charge < -0.3 is 15.0 Å². The van der Waals surface area contributed by atoms with Crippen LogP contribution in [0.25, 0.3) is 0 Å². The van der Waals surface area contributed by atoms with Gasteiger partial charge in [0, 0.05) is 25.2 Å². The Morgan fingerprint density at radius 1 is 1.16 bits per heavy atom. The predicted octanol–water partition coefficient (Wildman–Crippen LogP) is 2.80. The summed E-state index contributed by atoms with van der Waals surface area (Å²) in [5, 5.41) is 3.67. The van der Waals surface area contributed by atoms with Gasteiger partial charge in [0.2, 0.25) is 0 Å². The fraction of sp³-hybridized carbons (Fsp3) is 1.00. The fourth-order valence-electron chi connectivity index (χ4n) is 3.47. The van der Waals surface area contributed by atoms with Gasteiger partial charge in [-0.05, 0) is 65.0 Å². The Morgan fingerprint density at radius 3 is 2.58 bits per heavy atom. The molecule has 1 aliphatic heterocycles. The van der Waals surface area contributed by atoms with Crippen molar-refractivity contribution in [1.82, 2.24) is 10.2 Å². The second kappa shape index (κ2) is 8.23. The summed E-state index contributed by atoms with van der Waals surface area (Å²) in [5.74, 6) is 0. The van der Waals surface area contributed by atoms with Gasteiger partial charge in [-0.15, -0.1) is 0 Å². The van der Waals surface area contributed by atoms with E-state index in [1.54, 1.807) is 0 Å². The summed E-state index contributed by atoms with van der Waals surface area (Å²) in [4.78, 5) is 2.58. The molecule has 1 saturated heterocycles. The summed E-state index contributed by atoms with van der Waals surface area (Å²) in [6.07, 6.45) is 11.0. The third-order valence-electron chi connectivity index (χ3n) is 4.83. The molecule has 2 fully saturated rings. The van der Waals surface area contributed by atoms with Gasteiger partial charge in [-0.25, -0.2) is 0 Å². The molecule has 1 heterocycles. The van der Waals surface area contributed by atoms with Gasteiger partial charge in [0.15, 0.2) is 0 Å². The number of hydrogen-bond donors (Lipinski definition) is 1. The average Bonchev–Trinajstić information content (AvgIpc) is 2.96. The maximum atomic E-state index is 5.72. The van der Waals surface area contributed by atoms with Crippen LogP contribution in [-0.4, -0.2) is 49.8 Å². The van der Waals surface area contributed by atoms with Crippen LogP contribution >= 0.6 is 0 Å². The van der Waals surface area contributed by atoms with E-state index in [-0.39, 0.29) is 0 Å². The highest BCUT2D eigenvalue weighted by Gasteiger charge is 2.24. The Labute approximate surface area is 119 Å². The molecule has 3 heteroatoms. The highest BCUT2D eigenvalue weighted by molar-refractivity contribution is 4.82. The van der Waals surface area contributed by atoms with E-state index in [1.807, 2.05) is 0 Å². The zero-order valence-electron chi connectivity index (χ0n) is 12.9. The van der Waals surface area contributed by atoms with Crippen molar-refractivity contribution >= 4 is 0 Å². The van der Waals surface area contributed by atoms with Crippen LogP contribution in [-0.2, 0) is 4.74 Å². The van der Waals surface area contributed by atoms with E-state index in [4.69, 9.17) is 4.74 Å². The lowest BCUT2D eigenvalue weighted by Gasteiger charge is -2.35. The monoisotopic (exact) mass is 268 g/mol. The first-order chi connectivity index (χ1) is 9.29. The second-order valence-corrected chi connectivity index (χ2v) is 6.36. The van der Waals surface area contributed by atoms with Gasteiger partial charge in [-0.2, -0.15) is 0 Å². The number of nitrogens with one attached hydrogen (secondary N) is 1. The molecule has 0 bridgehead atoms. The lowest BCUT2D eigenvalue weighted by molar-refractivity contribution is 0.0843. The van der Waals surface area contributed by atoms with E-state index in [1.165, 1.54) is 64.5 Å². The third-order valence-corrected chi connectivity index (χ3v) is 4.83. The summed E-state index contributed by atoms with van der Waals surface area (Å²) < 4.78 is 5.72. The average molecular weight is 268 g/mol. The molecule has 0 spiro atoms. The first kappa shape index (κ1) is 15.3. The highest BCUT2D eigenvalue weighted by atomic mass is 16.5. The summed E-state index contributed by atoms with van der Waals surface area (Å²) in [6.45, 7) is 5.63. The molecule has 1 saturated carbocycles. The Bertz CT molecular complexity index is 233. The maximum absolute atomic E-state index is 5.72. The molecule has 1 N–H and O–H groups in total. The summed E-state index contributed by atoms with van der Waals surface area (Å²) in [6, 6.07) is 1.59. The summed E-state index contributed by atoms with van der Waals surface area (Å²) >= 11 is 0. The SMILES string of the molecule is CCCNC1CCC(N(C)CCC2CCCO2)CC1. The maximum Gasteiger partial charge on any atom is 0.0588 e. The highest BCUT2D eigenvalue weighted by Crippen LogP contribution is 2.23. The molecule has 1 aliphatic carbocycles. The van der Waals surface area contributed by atoms with Crippen molar-refractivity contribution in [2.75, 3.05) is 26.7 Å². The third kappa shape index (κ3) is 5.05. The molecule has 0 aromatic carbocycles. The smallest absolute Gasteiger partial charge is 0.0588 e. The Balaban J connectivity index is 1.60. The normalized spacial score (nSPS) is 32.1. The molecular weight excluding hydrogens is 236 g/mol. The first-order valence-corrected chi connectivity index (χ1v) is 8.34. The van der Waals surface area contributed by atoms with Gasteiger partial charge in [0.05, 0.1) is 6.10 Å². The topological polar surface area (TPSA) is 24.5 Å². The second-order valence-electron chi connectivity index (χ2n) is 6.36.